The standard InChI is InChI=1S/C15H16O3/c1-2-6-11-9-12(10-7-4-3-5-8-10)14(17)15(18)13(11)16/h3-5,7-9,16-18H,2,6H2,1H3. The third-order valence-electron chi connectivity index (χ3n) is 2.93. The molecule has 0 amide bonds. The molecule has 0 bridgehead atoms. The van der Waals surface area contributed by atoms with Crippen LogP contribution in [0.1, 0.15) is 18.9 Å². The summed E-state index contributed by atoms with van der Waals surface area (Å²) in [6.07, 6.45) is 1.51. The number of rotatable bonds is 3. The molecule has 3 N–H and O–H groups in total. The van der Waals surface area contributed by atoms with Gasteiger partial charge in [-0.15, -0.1) is 0 Å². The van der Waals surface area contributed by atoms with Crippen molar-refractivity contribution in [3.8, 4) is 28.4 Å². The lowest BCUT2D eigenvalue weighted by atomic mass is 9.98. The maximum Gasteiger partial charge on any atom is 0.201 e. The molecule has 2 aromatic rings. The summed E-state index contributed by atoms with van der Waals surface area (Å²) < 4.78 is 0. The second-order valence-electron chi connectivity index (χ2n) is 4.25. The predicted octanol–water partition coefficient (Wildman–Crippen LogP) is 3.42. The van der Waals surface area contributed by atoms with Crippen molar-refractivity contribution in [2.75, 3.05) is 0 Å². The lowest BCUT2D eigenvalue weighted by Crippen LogP contribution is -1.89. The third-order valence-corrected chi connectivity index (χ3v) is 2.93. The Kier molecular flexibility index (Phi) is 3.42. The molecule has 0 fully saturated rings. The molecule has 0 heterocycles. The minimum Gasteiger partial charge on any atom is -0.504 e. The maximum atomic E-state index is 9.91. The molecule has 94 valence electrons. The van der Waals surface area contributed by atoms with Gasteiger partial charge in [-0.2, -0.15) is 0 Å². The van der Waals surface area contributed by atoms with E-state index >= 15 is 0 Å². The van der Waals surface area contributed by atoms with Crippen LogP contribution in [0.25, 0.3) is 11.1 Å². The molecule has 0 aliphatic rings. The number of aromatic hydroxyl groups is 3. The van der Waals surface area contributed by atoms with E-state index in [9.17, 15) is 15.3 Å². The van der Waals surface area contributed by atoms with Gasteiger partial charge in [0, 0.05) is 5.56 Å². The van der Waals surface area contributed by atoms with Crippen LogP contribution in [0.3, 0.4) is 0 Å². The lowest BCUT2D eigenvalue weighted by molar-refractivity contribution is 0.366. The zero-order valence-corrected chi connectivity index (χ0v) is 10.2. The number of aryl methyl sites for hydroxylation is 1. The number of hydrogen-bond donors (Lipinski definition) is 3. The van der Waals surface area contributed by atoms with E-state index in [1.165, 1.54) is 0 Å². The highest BCUT2D eigenvalue weighted by Crippen LogP contribution is 2.44. The monoisotopic (exact) mass is 244 g/mol. The van der Waals surface area contributed by atoms with Crippen molar-refractivity contribution in [1.29, 1.82) is 0 Å². The van der Waals surface area contributed by atoms with Crippen molar-refractivity contribution in [2.45, 2.75) is 19.8 Å². The molecule has 3 heteroatoms. The lowest BCUT2D eigenvalue weighted by Gasteiger charge is -2.12. The van der Waals surface area contributed by atoms with Crippen LogP contribution in [0.15, 0.2) is 36.4 Å². The quantitative estimate of drug-likeness (QED) is 0.725. The van der Waals surface area contributed by atoms with E-state index in [1.807, 2.05) is 37.3 Å². The van der Waals surface area contributed by atoms with E-state index in [1.54, 1.807) is 6.07 Å². The van der Waals surface area contributed by atoms with Crippen LogP contribution in [0.5, 0.6) is 17.2 Å². The van der Waals surface area contributed by atoms with Crippen molar-refractivity contribution in [3.05, 3.63) is 42.0 Å². The van der Waals surface area contributed by atoms with Gasteiger partial charge in [0.25, 0.3) is 0 Å². The zero-order valence-electron chi connectivity index (χ0n) is 10.2. The molecular weight excluding hydrogens is 228 g/mol. The van der Waals surface area contributed by atoms with Crippen LogP contribution in [-0.2, 0) is 6.42 Å². The third kappa shape index (κ3) is 2.12. The Balaban J connectivity index is 2.61. The minimum atomic E-state index is -0.445. The number of phenols is 3. The number of hydrogen-bond acceptors (Lipinski definition) is 3. The van der Waals surface area contributed by atoms with E-state index in [-0.39, 0.29) is 11.5 Å². The predicted molar refractivity (Wildman–Crippen MR) is 70.9 cm³/mol. The summed E-state index contributed by atoms with van der Waals surface area (Å²) in [6, 6.07) is 11.0. The van der Waals surface area contributed by atoms with Gasteiger partial charge in [-0.25, -0.2) is 0 Å². The van der Waals surface area contributed by atoms with Gasteiger partial charge >= 0.3 is 0 Å². The van der Waals surface area contributed by atoms with Crippen LogP contribution in [0.2, 0.25) is 0 Å². The average Bonchev–Trinajstić information content (AvgIpc) is 2.40. The first kappa shape index (κ1) is 12.3. The molecule has 2 aromatic carbocycles. The summed E-state index contributed by atoms with van der Waals surface area (Å²) >= 11 is 0. The molecule has 0 aromatic heterocycles. The van der Waals surface area contributed by atoms with Gasteiger partial charge in [-0.1, -0.05) is 43.7 Å². The van der Waals surface area contributed by atoms with E-state index < -0.39 is 5.75 Å². The summed E-state index contributed by atoms with van der Waals surface area (Å²) in [5.74, 6) is -0.951. The Morgan fingerprint density at radius 1 is 0.889 bits per heavy atom. The zero-order chi connectivity index (χ0) is 13.1. The van der Waals surface area contributed by atoms with Gasteiger partial charge in [-0.3, -0.25) is 0 Å². The average molecular weight is 244 g/mol. The van der Waals surface area contributed by atoms with E-state index in [0.717, 1.165) is 12.0 Å². The van der Waals surface area contributed by atoms with Gasteiger partial charge in [0.1, 0.15) is 0 Å². The maximum absolute atomic E-state index is 9.91. The molecule has 0 radical (unpaired) electrons. The molecular formula is C15H16O3. The van der Waals surface area contributed by atoms with Crippen LogP contribution < -0.4 is 0 Å². The highest BCUT2D eigenvalue weighted by atomic mass is 16.3. The number of phenolic OH excluding ortho intramolecular Hbond substituents is 3. The minimum absolute atomic E-state index is 0.228. The molecule has 0 saturated carbocycles. The fourth-order valence-electron chi connectivity index (χ4n) is 2.00. The molecule has 0 aliphatic carbocycles. The topological polar surface area (TPSA) is 60.7 Å². The molecule has 0 aliphatic heterocycles. The van der Waals surface area contributed by atoms with Crippen molar-refractivity contribution >= 4 is 0 Å². The second-order valence-corrected chi connectivity index (χ2v) is 4.25. The largest absolute Gasteiger partial charge is 0.504 e. The first-order chi connectivity index (χ1) is 8.65. The molecule has 3 nitrogen and oxygen atoms in total. The molecule has 0 unspecified atom stereocenters. The molecule has 0 spiro atoms. The van der Waals surface area contributed by atoms with Crippen LogP contribution >= 0.6 is 0 Å². The van der Waals surface area contributed by atoms with Gasteiger partial charge in [0.2, 0.25) is 5.75 Å². The summed E-state index contributed by atoms with van der Waals surface area (Å²) in [6.45, 7) is 1.99. The molecule has 0 atom stereocenters. The molecule has 2 rings (SSSR count). The van der Waals surface area contributed by atoms with Crippen LogP contribution in [-0.4, -0.2) is 15.3 Å². The Morgan fingerprint density at radius 3 is 2.17 bits per heavy atom. The van der Waals surface area contributed by atoms with E-state index in [4.69, 9.17) is 0 Å². The van der Waals surface area contributed by atoms with Gasteiger partial charge in [0.05, 0.1) is 0 Å². The smallest absolute Gasteiger partial charge is 0.201 e. The summed E-state index contributed by atoms with van der Waals surface area (Å²) in [4.78, 5) is 0. The highest BCUT2D eigenvalue weighted by molar-refractivity contribution is 5.76. The molecule has 0 saturated heterocycles. The van der Waals surface area contributed by atoms with E-state index in [0.29, 0.717) is 17.5 Å². The Bertz CT molecular complexity index is 547. The Labute approximate surface area is 106 Å². The van der Waals surface area contributed by atoms with Crippen molar-refractivity contribution < 1.29 is 15.3 Å². The fraction of sp³-hybridized carbons (Fsp3) is 0.200. The van der Waals surface area contributed by atoms with Crippen LogP contribution in [0, 0.1) is 0 Å². The van der Waals surface area contributed by atoms with Crippen LogP contribution in [0.4, 0.5) is 0 Å². The van der Waals surface area contributed by atoms with Crippen molar-refractivity contribution in [3.63, 3.8) is 0 Å². The van der Waals surface area contributed by atoms with E-state index in [2.05, 4.69) is 0 Å². The fourth-order valence-corrected chi connectivity index (χ4v) is 2.00. The summed E-state index contributed by atoms with van der Waals surface area (Å²) in [7, 11) is 0. The normalized spacial score (nSPS) is 10.5. The highest BCUT2D eigenvalue weighted by Gasteiger charge is 2.16. The summed E-state index contributed by atoms with van der Waals surface area (Å²) in [5, 5.41) is 29.4. The SMILES string of the molecule is CCCc1cc(-c2ccccc2)c(O)c(O)c1O. The van der Waals surface area contributed by atoms with Crippen molar-refractivity contribution in [2.24, 2.45) is 0 Å². The molecule has 18 heavy (non-hydrogen) atoms. The Hall–Kier alpha value is -2.16. The Morgan fingerprint density at radius 2 is 1.56 bits per heavy atom. The second kappa shape index (κ2) is 5.00. The van der Waals surface area contributed by atoms with Crippen molar-refractivity contribution in [1.82, 2.24) is 0 Å². The first-order valence-corrected chi connectivity index (χ1v) is 5.97. The van der Waals surface area contributed by atoms with Gasteiger partial charge < -0.3 is 15.3 Å². The van der Waals surface area contributed by atoms with Gasteiger partial charge in [-0.05, 0) is 23.6 Å². The number of benzene rings is 2. The summed E-state index contributed by atoms with van der Waals surface area (Å²) in [5.41, 5.74) is 1.99. The first-order valence-electron chi connectivity index (χ1n) is 5.97. The van der Waals surface area contributed by atoms with Gasteiger partial charge in [0.15, 0.2) is 11.5 Å².